The highest BCUT2D eigenvalue weighted by molar-refractivity contribution is 5.96. The Balaban J connectivity index is 0.000000706. The standard InChI is InChI=1S/C19H19NO5.CH2O2/c1-22-12-8-14-19(17(9-12)23-2)13(10-18(21)20-14)11-3-4-15-16(7-11)25-6-5-24-15;2-1-3/h3-4,7-9,13H,5-6,10H2,1-2H3,(H,20,21);1H,(H,2,3). The number of nitrogens with one attached hydrogen (secondary N) is 1. The first-order chi connectivity index (χ1) is 13.6. The number of hydrogen-bond donors (Lipinski definition) is 2. The molecule has 4 rings (SSSR count). The van der Waals surface area contributed by atoms with Gasteiger partial charge in [-0.05, 0) is 17.7 Å². The minimum absolute atomic E-state index is 0.0392. The quantitative estimate of drug-likeness (QED) is 0.781. The summed E-state index contributed by atoms with van der Waals surface area (Å²) in [6, 6.07) is 9.47. The first-order valence-electron chi connectivity index (χ1n) is 8.64. The lowest BCUT2D eigenvalue weighted by Gasteiger charge is -2.29. The van der Waals surface area contributed by atoms with Gasteiger partial charge in [-0.2, -0.15) is 0 Å². The van der Waals surface area contributed by atoms with Crippen LogP contribution in [-0.4, -0.2) is 44.9 Å². The summed E-state index contributed by atoms with van der Waals surface area (Å²) in [4.78, 5) is 20.6. The lowest BCUT2D eigenvalue weighted by molar-refractivity contribution is -0.123. The van der Waals surface area contributed by atoms with Crippen LogP contribution in [0.25, 0.3) is 0 Å². The van der Waals surface area contributed by atoms with Crippen molar-refractivity contribution in [2.75, 3.05) is 32.8 Å². The van der Waals surface area contributed by atoms with E-state index in [2.05, 4.69) is 5.32 Å². The Morgan fingerprint density at radius 3 is 2.50 bits per heavy atom. The van der Waals surface area contributed by atoms with Crippen molar-refractivity contribution in [3.05, 3.63) is 41.5 Å². The van der Waals surface area contributed by atoms with E-state index in [9.17, 15) is 4.79 Å². The predicted octanol–water partition coefficient (Wildman–Crippen LogP) is 2.65. The summed E-state index contributed by atoms with van der Waals surface area (Å²) < 4.78 is 22.1. The fraction of sp³-hybridized carbons (Fsp3) is 0.300. The second-order valence-electron chi connectivity index (χ2n) is 6.10. The fourth-order valence-corrected chi connectivity index (χ4v) is 3.40. The lowest BCUT2D eigenvalue weighted by Crippen LogP contribution is -2.24. The maximum absolute atomic E-state index is 12.2. The molecule has 1 unspecified atom stereocenters. The molecule has 2 heterocycles. The van der Waals surface area contributed by atoms with Crippen LogP contribution in [0.3, 0.4) is 0 Å². The van der Waals surface area contributed by atoms with Gasteiger partial charge in [0, 0.05) is 30.0 Å². The first-order valence-corrected chi connectivity index (χ1v) is 8.64. The van der Waals surface area contributed by atoms with Crippen LogP contribution in [0.15, 0.2) is 30.3 Å². The molecule has 0 saturated carbocycles. The van der Waals surface area contributed by atoms with Gasteiger partial charge in [0.15, 0.2) is 11.5 Å². The van der Waals surface area contributed by atoms with Gasteiger partial charge in [-0.15, -0.1) is 0 Å². The van der Waals surface area contributed by atoms with Crippen LogP contribution in [0.5, 0.6) is 23.0 Å². The summed E-state index contributed by atoms with van der Waals surface area (Å²) in [5.74, 6) is 2.61. The van der Waals surface area contributed by atoms with Crippen molar-refractivity contribution < 1.29 is 33.6 Å². The molecule has 148 valence electrons. The number of anilines is 1. The molecular formula is C20H21NO7. The summed E-state index contributed by atoms with van der Waals surface area (Å²) in [6.07, 6.45) is 0.343. The van der Waals surface area contributed by atoms with Crippen molar-refractivity contribution in [2.45, 2.75) is 12.3 Å². The summed E-state index contributed by atoms with van der Waals surface area (Å²) in [6.45, 7) is 0.827. The van der Waals surface area contributed by atoms with Gasteiger partial charge in [0.2, 0.25) is 5.91 Å². The number of fused-ring (bicyclic) bond motifs is 2. The molecule has 0 bridgehead atoms. The van der Waals surface area contributed by atoms with E-state index >= 15 is 0 Å². The number of hydrogen-bond acceptors (Lipinski definition) is 6. The Labute approximate surface area is 162 Å². The molecule has 0 saturated heterocycles. The van der Waals surface area contributed by atoms with E-state index < -0.39 is 0 Å². The Morgan fingerprint density at radius 1 is 1.11 bits per heavy atom. The topological polar surface area (TPSA) is 103 Å². The number of methoxy groups -OCH3 is 2. The highest BCUT2D eigenvalue weighted by Crippen LogP contribution is 2.46. The zero-order valence-corrected chi connectivity index (χ0v) is 15.6. The van der Waals surface area contributed by atoms with Gasteiger partial charge in [0.25, 0.3) is 6.47 Å². The molecule has 0 aromatic heterocycles. The van der Waals surface area contributed by atoms with Crippen LogP contribution in [0.4, 0.5) is 5.69 Å². The zero-order chi connectivity index (χ0) is 20.1. The lowest BCUT2D eigenvalue weighted by atomic mass is 9.84. The van der Waals surface area contributed by atoms with Crippen LogP contribution < -0.4 is 24.3 Å². The molecule has 0 radical (unpaired) electrons. The Morgan fingerprint density at radius 2 is 1.82 bits per heavy atom. The maximum Gasteiger partial charge on any atom is 0.290 e. The SMILES string of the molecule is COc1cc2c(c(OC)c1)C(c1ccc3c(c1)OCCO3)CC(=O)N2.O=CO. The Hall–Kier alpha value is -3.42. The molecule has 1 amide bonds. The smallest absolute Gasteiger partial charge is 0.290 e. The molecule has 28 heavy (non-hydrogen) atoms. The van der Waals surface area contributed by atoms with Gasteiger partial charge in [-0.25, -0.2) is 0 Å². The van der Waals surface area contributed by atoms with Crippen LogP contribution >= 0.6 is 0 Å². The maximum atomic E-state index is 12.2. The highest BCUT2D eigenvalue weighted by atomic mass is 16.6. The van der Waals surface area contributed by atoms with E-state index in [1.54, 1.807) is 14.2 Å². The van der Waals surface area contributed by atoms with Crippen LogP contribution in [0.1, 0.15) is 23.5 Å². The number of rotatable bonds is 3. The zero-order valence-electron chi connectivity index (χ0n) is 15.6. The van der Waals surface area contributed by atoms with Crippen molar-refractivity contribution >= 4 is 18.1 Å². The molecular weight excluding hydrogens is 366 g/mol. The number of amides is 1. The summed E-state index contributed by atoms with van der Waals surface area (Å²) in [5, 5.41) is 9.81. The average molecular weight is 387 g/mol. The highest BCUT2D eigenvalue weighted by Gasteiger charge is 2.31. The number of carbonyl (C=O) groups excluding carboxylic acids is 1. The second-order valence-corrected chi connectivity index (χ2v) is 6.10. The minimum Gasteiger partial charge on any atom is -0.497 e. The van der Waals surface area contributed by atoms with E-state index in [0.29, 0.717) is 42.6 Å². The van der Waals surface area contributed by atoms with Crippen molar-refractivity contribution in [3.8, 4) is 23.0 Å². The van der Waals surface area contributed by atoms with Gasteiger partial charge in [0.1, 0.15) is 24.7 Å². The second kappa shape index (κ2) is 8.51. The summed E-state index contributed by atoms with van der Waals surface area (Å²) in [5.41, 5.74) is 2.65. The molecule has 2 aromatic carbocycles. The molecule has 1 atom stereocenters. The molecule has 0 spiro atoms. The van der Waals surface area contributed by atoms with E-state index in [1.807, 2.05) is 30.3 Å². The van der Waals surface area contributed by atoms with E-state index in [-0.39, 0.29) is 18.3 Å². The van der Waals surface area contributed by atoms with E-state index in [1.165, 1.54) is 0 Å². The average Bonchev–Trinajstić information content (AvgIpc) is 2.72. The molecule has 2 N–H and O–H groups in total. The molecule has 2 aromatic rings. The van der Waals surface area contributed by atoms with Crippen molar-refractivity contribution in [1.82, 2.24) is 0 Å². The number of ether oxygens (including phenoxy) is 4. The van der Waals surface area contributed by atoms with E-state index in [4.69, 9.17) is 28.8 Å². The number of carbonyl (C=O) groups is 2. The van der Waals surface area contributed by atoms with Gasteiger partial charge < -0.3 is 29.4 Å². The molecule has 2 aliphatic heterocycles. The normalized spacial score (nSPS) is 16.6. The van der Waals surface area contributed by atoms with Gasteiger partial charge in [-0.3, -0.25) is 9.59 Å². The minimum atomic E-state index is -0.250. The van der Waals surface area contributed by atoms with Crippen molar-refractivity contribution in [1.29, 1.82) is 0 Å². The van der Waals surface area contributed by atoms with E-state index in [0.717, 1.165) is 16.9 Å². The number of carboxylic acid groups (broad SMARTS) is 1. The summed E-state index contributed by atoms with van der Waals surface area (Å²) >= 11 is 0. The Bertz CT molecular complexity index is 881. The monoisotopic (exact) mass is 387 g/mol. The third kappa shape index (κ3) is 3.80. The molecule has 8 heteroatoms. The van der Waals surface area contributed by atoms with Gasteiger partial charge >= 0.3 is 0 Å². The van der Waals surface area contributed by atoms with Crippen molar-refractivity contribution in [3.63, 3.8) is 0 Å². The number of benzene rings is 2. The summed E-state index contributed by atoms with van der Waals surface area (Å²) in [7, 11) is 3.20. The van der Waals surface area contributed by atoms with Crippen LogP contribution in [0.2, 0.25) is 0 Å². The largest absolute Gasteiger partial charge is 0.497 e. The van der Waals surface area contributed by atoms with Gasteiger partial charge in [0.05, 0.1) is 19.9 Å². The Kier molecular flexibility index (Phi) is 5.88. The predicted molar refractivity (Wildman–Crippen MR) is 101 cm³/mol. The van der Waals surface area contributed by atoms with Crippen LogP contribution in [-0.2, 0) is 9.59 Å². The third-order valence-corrected chi connectivity index (χ3v) is 4.55. The first kappa shape index (κ1) is 19.3. The molecule has 0 fully saturated rings. The molecule has 0 aliphatic carbocycles. The van der Waals surface area contributed by atoms with Gasteiger partial charge in [-0.1, -0.05) is 6.07 Å². The third-order valence-electron chi connectivity index (χ3n) is 4.55. The van der Waals surface area contributed by atoms with Crippen LogP contribution in [0, 0.1) is 0 Å². The fourth-order valence-electron chi connectivity index (χ4n) is 3.40. The van der Waals surface area contributed by atoms with Crippen molar-refractivity contribution in [2.24, 2.45) is 0 Å². The molecule has 2 aliphatic rings. The molecule has 8 nitrogen and oxygen atoms in total.